The monoisotopic (exact) mass is 708 g/mol. The van der Waals surface area contributed by atoms with Crippen molar-refractivity contribution in [1.82, 2.24) is 0 Å². The molecule has 0 fully saturated rings. The quantitative estimate of drug-likeness (QED) is 0.0709. The van der Waals surface area contributed by atoms with Gasteiger partial charge in [-0.05, 0) is 85.8 Å². The first-order chi connectivity index (χ1) is 23.8. The smallest absolute Gasteiger partial charge is 0.172 e. The highest BCUT2D eigenvalue weighted by atomic mass is 35.5. The highest BCUT2D eigenvalue weighted by molar-refractivity contribution is 7.14. The minimum Gasteiger partial charge on any atom is -0.493 e. The van der Waals surface area contributed by atoms with Gasteiger partial charge in [0.25, 0.3) is 0 Å². The standard InChI is InChI=1S/C41H45ClN4O3S/c1-39(2)15-18-46-19-16-40(3,4)35-36(46)33(39)22-28(38(35)48-20-10-8-7-9-17-42)21-27(34-14-12-30(26-47)50-34)11-13-32-31(25-45)37(29(23-43)24-44)49-41(32,5)6/h11-14,21-22,26H,7-10,15-20H2,1-6H3/b13-11+,27-21-. The van der Waals surface area contributed by atoms with E-state index in [-0.39, 0.29) is 27.7 Å². The lowest BCUT2D eigenvalue weighted by Crippen LogP contribution is -2.45. The van der Waals surface area contributed by atoms with E-state index < -0.39 is 5.60 Å². The average molecular weight is 709 g/mol. The highest BCUT2D eigenvalue weighted by Crippen LogP contribution is 2.54. The second-order valence-electron chi connectivity index (χ2n) is 15.0. The number of hydrogen-bond acceptors (Lipinski definition) is 8. The average Bonchev–Trinajstić information content (AvgIpc) is 3.66. The number of rotatable bonds is 12. The Kier molecular flexibility index (Phi) is 11.0. The van der Waals surface area contributed by atoms with Gasteiger partial charge in [0, 0.05) is 46.2 Å². The van der Waals surface area contributed by atoms with E-state index in [1.165, 1.54) is 28.2 Å². The van der Waals surface area contributed by atoms with Crippen molar-refractivity contribution in [2.24, 2.45) is 0 Å². The molecule has 0 bridgehead atoms. The van der Waals surface area contributed by atoms with Gasteiger partial charge in [-0.15, -0.1) is 22.9 Å². The lowest BCUT2D eigenvalue weighted by atomic mass is 9.68. The molecular weight excluding hydrogens is 664 g/mol. The number of alkyl halides is 1. The van der Waals surface area contributed by atoms with Gasteiger partial charge in [0.1, 0.15) is 35.1 Å². The number of allylic oxidation sites excluding steroid dienone is 4. The summed E-state index contributed by atoms with van der Waals surface area (Å²) in [5.74, 6) is 1.56. The van der Waals surface area contributed by atoms with Crippen LogP contribution in [0.4, 0.5) is 5.69 Å². The number of carbonyl (C=O) groups excluding carboxylic acids is 1. The van der Waals surface area contributed by atoms with Crippen molar-refractivity contribution in [1.29, 1.82) is 15.8 Å². The van der Waals surface area contributed by atoms with Crippen molar-refractivity contribution >= 4 is 46.6 Å². The minimum absolute atomic E-state index is 0.00317. The fourth-order valence-electron chi connectivity index (χ4n) is 7.15. The zero-order valence-corrected chi connectivity index (χ0v) is 31.5. The number of nitrogens with zero attached hydrogens (tertiary/aromatic N) is 4. The fourth-order valence-corrected chi connectivity index (χ4v) is 8.16. The highest BCUT2D eigenvalue weighted by Gasteiger charge is 2.43. The van der Waals surface area contributed by atoms with Gasteiger partial charge in [0.2, 0.25) is 0 Å². The van der Waals surface area contributed by atoms with Gasteiger partial charge in [-0.1, -0.05) is 52.7 Å². The molecule has 1 aromatic heterocycles. The van der Waals surface area contributed by atoms with Gasteiger partial charge >= 0.3 is 0 Å². The van der Waals surface area contributed by atoms with E-state index in [0.717, 1.165) is 79.7 Å². The Morgan fingerprint density at radius 1 is 1.02 bits per heavy atom. The van der Waals surface area contributed by atoms with Crippen molar-refractivity contribution in [3.63, 3.8) is 0 Å². The van der Waals surface area contributed by atoms with Crippen molar-refractivity contribution in [2.45, 2.75) is 96.5 Å². The van der Waals surface area contributed by atoms with Crippen LogP contribution in [0.1, 0.15) is 111 Å². The molecule has 9 heteroatoms. The molecule has 260 valence electrons. The van der Waals surface area contributed by atoms with Gasteiger partial charge < -0.3 is 14.4 Å². The van der Waals surface area contributed by atoms with E-state index in [9.17, 15) is 20.6 Å². The molecule has 1 aromatic carbocycles. The number of thiophene rings is 1. The first-order valence-corrected chi connectivity index (χ1v) is 18.7. The molecule has 0 aliphatic carbocycles. The largest absolute Gasteiger partial charge is 0.493 e. The molecule has 0 radical (unpaired) electrons. The normalized spacial score (nSPS) is 18.6. The van der Waals surface area contributed by atoms with Crippen molar-refractivity contribution in [3.8, 4) is 24.0 Å². The van der Waals surface area contributed by atoms with Crippen LogP contribution < -0.4 is 9.64 Å². The molecule has 0 saturated carbocycles. The minimum atomic E-state index is -0.963. The van der Waals surface area contributed by atoms with E-state index in [0.29, 0.717) is 22.9 Å². The molecule has 4 heterocycles. The summed E-state index contributed by atoms with van der Waals surface area (Å²) in [4.78, 5) is 15.8. The predicted molar refractivity (Wildman–Crippen MR) is 201 cm³/mol. The van der Waals surface area contributed by atoms with Crippen LogP contribution in [-0.4, -0.2) is 37.5 Å². The van der Waals surface area contributed by atoms with Crippen LogP contribution >= 0.6 is 22.9 Å². The summed E-state index contributed by atoms with van der Waals surface area (Å²) >= 11 is 7.33. The number of anilines is 1. The van der Waals surface area contributed by atoms with E-state index in [1.54, 1.807) is 0 Å². The number of carbonyl (C=O) groups is 1. The van der Waals surface area contributed by atoms with Crippen LogP contribution in [0.25, 0.3) is 11.6 Å². The molecule has 0 atom stereocenters. The molecule has 7 nitrogen and oxygen atoms in total. The van der Waals surface area contributed by atoms with Gasteiger partial charge in [-0.25, -0.2) is 0 Å². The Morgan fingerprint density at radius 2 is 1.72 bits per heavy atom. The third-order valence-electron chi connectivity index (χ3n) is 10.1. The summed E-state index contributed by atoms with van der Waals surface area (Å²) in [5.41, 5.74) is 5.02. The van der Waals surface area contributed by atoms with E-state index >= 15 is 0 Å². The zero-order chi connectivity index (χ0) is 36.3. The second kappa shape index (κ2) is 14.9. The molecule has 0 amide bonds. The summed E-state index contributed by atoms with van der Waals surface area (Å²) in [7, 11) is 0. The van der Waals surface area contributed by atoms with Gasteiger partial charge in [0.05, 0.1) is 11.5 Å². The summed E-state index contributed by atoms with van der Waals surface area (Å²) in [6, 6.07) is 11.9. The first-order valence-electron chi connectivity index (χ1n) is 17.3. The first kappa shape index (κ1) is 37.0. The Balaban J connectivity index is 1.74. The molecule has 50 heavy (non-hydrogen) atoms. The fraction of sp³-hybridized carbons (Fsp3) is 0.463. The Hall–Kier alpha value is -4.29. The van der Waals surface area contributed by atoms with Crippen molar-refractivity contribution < 1.29 is 14.3 Å². The summed E-state index contributed by atoms with van der Waals surface area (Å²) in [5, 5.41) is 29.3. The molecule has 2 aromatic rings. The predicted octanol–water partition coefficient (Wildman–Crippen LogP) is 9.93. The third kappa shape index (κ3) is 7.27. The number of hydrogen-bond donors (Lipinski definition) is 0. The maximum atomic E-state index is 11.8. The van der Waals surface area contributed by atoms with E-state index in [2.05, 4.69) is 50.8 Å². The number of nitriles is 3. The maximum Gasteiger partial charge on any atom is 0.172 e. The Bertz CT molecular complexity index is 1900. The van der Waals surface area contributed by atoms with Crippen LogP contribution in [0.3, 0.4) is 0 Å². The van der Waals surface area contributed by atoms with Gasteiger partial charge in [-0.2, -0.15) is 15.8 Å². The number of benzene rings is 1. The number of ether oxygens (including phenoxy) is 2. The van der Waals surface area contributed by atoms with E-state index in [1.807, 2.05) is 50.3 Å². The van der Waals surface area contributed by atoms with Crippen LogP contribution in [0.5, 0.6) is 5.75 Å². The van der Waals surface area contributed by atoms with Crippen LogP contribution in [0.15, 0.2) is 52.8 Å². The molecule has 3 aliphatic rings. The zero-order valence-electron chi connectivity index (χ0n) is 29.9. The SMILES string of the molecule is CC1(C)OC(=C(C#N)C#N)C(C#N)=C1/C=C/C(=C/c1cc2c3c(c1OCCCCCCCl)C(C)(C)CCN3CCC2(C)C)c1ccc(C=O)s1. The molecule has 0 saturated heterocycles. The summed E-state index contributed by atoms with van der Waals surface area (Å²) in [6.07, 6.45) is 12.9. The van der Waals surface area contributed by atoms with Crippen LogP contribution in [0.2, 0.25) is 0 Å². The number of unbranched alkanes of at least 4 members (excludes halogenated alkanes) is 3. The molecule has 0 spiro atoms. The second-order valence-corrected chi connectivity index (χ2v) is 16.5. The molecule has 5 rings (SSSR count). The third-order valence-corrected chi connectivity index (χ3v) is 11.5. The summed E-state index contributed by atoms with van der Waals surface area (Å²) in [6.45, 7) is 15.5. The maximum absolute atomic E-state index is 11.8. The molecule has 0 N–H and O–H groups in total. The molecular formula is C41H45ClN4O3S. The van der Waals surface area contributed by atoms with E-state index in [4.69, 9.17) is 21.1 Å². The van der Waals surface area contributed by atoms with Crippen LogP contribution in [0, 0.1) is 34.0 Å². The van der Waals surface area contributed by atoms with Crippen molar-refractivity contribution in [2.75, 3.05) is 30.5 Å². The Labute approximate surface area is 305 Å². The van der Waals surface area contributed by atoms with Gasteiger partial charge in [-0.3, -0.25) is 4.79 Å². The molecule has 0 unspecified atom stereocenters. The number of aldehydes is 1. The van der Waals surface area contributed by atoms with Crippen LogP contribution in [-0.2, 0) is 15.6 Å². The topological polar surface area (TPSA) is 110 Å². The summed E-state index contributed by atoms with van der Waals surface area (Å²) < 4.78 is 12.9. The molecule has 3 aliphatic heterocycles. The number of halogens is 1. The van der Waals surface area contributed by atoms with Gasteiger partial charge in [0.15, 0.2) is 17.6 Å². The van der Waals surface area contributed by atoms with Crippen molar-refractivity contribution in [3.05, 3.63) is 79.3 Å². The lowest BCUT2D eigenvalue weighted by Gasteiger charge is -2.49. The Morgan fingerprint density at radius 3 is 2.36 bits per heavy atom. The lowest BCUT2D eigenvalue weighted by molar-refractivity contribution is 0.0954.